The fraction of sp³-hybridized carbons (Fsp3) is 0.368. The lowest BCUT2D eigenvalue weighted by atomic mass is 10.1. The quantitative estimate of drug-likeness (QED) is 0.870. The molecule has 0 bridgehead atoms. The predicted octanol–water partition coefficient (Wildman–Crippen LogP) is 2.47. The van der Waals surface area contributed by atoms with Gasteiger partial charge in [0.15, 0.2) is 0 Å². The number of hydrogen-bond donors (Lipinski definition) is 0. The predicted molar refractivity (Wildman–Crippen MR) is 91.3 cm³/mol. The maximum Gasteiger partial charge on any atom is 0.255 e. The van der Waals surface area contributed by atoms with Crippen molar-refractivity contribution in [2.75, 3.05) is 26.2 Å². The molecular formula is C19H23N3O. The lowest BCUT2D eigenvalue weighted by Crippen LogP contribution is -2.51. The van der Waals surface area contributed by atoms with E-state index in [-0.39, 0.29) is 5.91 Å². The van der Waals surface area contributed by atoms with Crippen LogP contribution in [0.1, 0.15) is 22.8 Å². The Morgan fingerprint density at radius 2 is 1.83 bits per heavy atom. The lowest BCUT2D eigenvalue weighted by molar-refractivity contribution is 0.0582. The summed E-state index contributed by atoms with van der Waals surface area (Å²) < 4.78 is 0. The first-order chi connectivity index (χ1) is 11.2. The first-order valence-electron chi connectivity index (χ1n) is 8.21. The molecule has 2 aromatic rings. The third-order valence-corrected chi connectivity index (χ3v) is 4.51. The van der Waals surface area contributed by atoms with E-state index in [2.05, 4.69) is 47.1 Å². The third-order valence-electron chi connectivity index (χ3n) is 4.51. The summed E-state index contributed by atoms with van der Waals surface area (Å²) in [5.74, 6) is 0.0912. The number of amides is 1. The van der Waals surface area contributed by atoms with E-state index in [0.29, 0.717) is 11.6 Å². The van der Waals surface area contributed by atoms with Crippen molar-refractivity contribution in [2.45, 2.75) is 19.4 Å². The number of benzene rings is 1. The first kappa shape index (κ1) is 15.7. The van der Waals surface area contributed by atoms with Gasteiger partial charge in [-0.05, 0) is 31.0 Å². The highest BCUT2D eigenvalue weighted by atomic mass is 16.2. The smallest absolute Gasteiger partial charge is 0.255 e. The van der Waals surface area contributed by atoms with Gasteiger partial charge in [0.2, 0.25) is 0 Å². The van der Waals surface area contributed by atoms with Gasteiger partial charge in [-0.15, -0.1) is 0 Å². The Labute approximate surface area is 137 Å². The Balaban J connectivity index is 1.53. The summed E-state index contributed by atoms with van der Waals surface area (Å²) in [6.45, 7) is 5.70. The van der Waals surface area contributed by atoms with Crippen LogP contribution >= 0.6 is 0 Å². The molecule has 1 aromatic carbocycles. The van der Waals surface area contributed by atoms with Crippen molar-refractivity contribution < 1.29 is 4.79 Å². The number of carbonyl (C=O) groups is 1. The third kappa shape index (κ3) is 3.96. The average molecular weight is 309 g/mol. The number of rotatable bonds is 4. The Morgan fingerprint density at radius 1 is 1.09 bits per heavy atom. The summed E-state index contributed by atoms with van der Waals surface area (Å²) >= 11 is 0. The fourth-order valence-electron chi connectivity index (χ4n) is 3.12. The molecule has 3 rings (SSSR count). The number of pyridine rings is 1. The van der Waals surface area contributed by atoms with Crippen molar-refractivity contribution in [3.8, 4) is 0 Å². The van der Waals surface area contributed by atoms with Crippen LogP contribution in [-0.2, 0) is 6.42 Å². The van der Waals surface area contributed by atoms with Crippen LogP contribution in [-0.4, -0.2) is 52.9 Å². The van der Waals surface area contributed by atoms with Gasteiger partial charge in [-0.25, -0.2) is 0 Å². The summed E-state index contributed by atoms with van der Waals surface area (Å²) in [7, 11) is 0. The number of aromatic nitrogens is 1. The molecule has 1 amide bonds. The molecule has 2 heterocycles. The topological polar surface area (TPSA) is 36.4 Å². The maximum atomic E-state index is 12.4. The van der Waals surface area contributed by atoms with Crippen LogP contribution in [0.2, 0.25) is 0 Å². The zero-order valence-electron chi connectivity index (χ0n) is 13.6. The van der Waals surface area contributed by atoms with Crippen LogP contribution in [0.25, 0.3) is 0 Å². The zero-order valence-corrected chi connectivity index (χ0v) is 13.6. The van der Waals surface area contributed by atoms with Crippen LogP contribution in [0.5, 0.6) is 0 Å². The largest absolute Gasteiger partial charge is 0.336 e. The van der Waals surface area contributed by atoms with Gasteiger partial charge in [0.1, 0.15) is 0 Å². The Kier molecular flexibility index (Phi) is 5.03. The molecule has 4 heteroatoms. The van der Waals surface area contributed by atoms with Gasteiger partial charge >= 0.3 is 0 Å². The van der Waals surface area contributed by atoms with Crippen LogP contribution in [0.3, 0.4) is 0 Å². The average Bonchev–Trinajstić information content (AvgIpc) is 2.63. The molecule has 1 atom stereocenters. The van der Waals surface area contributed by atoms with E-state index >= 15 is 0 Å². The molecule has 23 heavy (non-hydrogen) atoms. The van der Waals surface area contributed by atoms with Gasteiger partial charge in [0.05, 0.1) is 5.56 Å². The summed E-state index contributed by atoms with van der Waals surface area (Å²) in [6, 6.07) is 14.7. The van der Waals surface area contributed by atoms with Crippen LogP contribution in [0, 0.1) is 0 Å². The normalized spacial score (nSPS) is 17.0. The standard InChI is InChI=1S/C19H23N3O/c1-16(14-17-6-3-2-4-7-17)21-10-12-22(13-11-21)19(23)18-8-5-9-20-15-18/h2-9,15-16H,10-14H2,1H3. The minimum Gasteiger partial charge on any atom is -0.336 e. The van der Waals surface area contributed by atoms with E-state index in [4.69, 9.17) is 0 Å². The molecule has 0 saturated carbocycles. The second-order valence-electron chi connectivity index (χ2n) is 6.11. The monoisotopic (exact) mass is 309 g/mol. The van der Waals surface area contributed by atoms with E-state index in [1.165, 1.54) is 5.56 Å². The minimum atomic E-state index is 0.0912. The number of piperazine rings is 1. The lowest BCUT2D eigenvalue weighted by Gasteiger charge is -2.38. The Bertz CT molecular complexity index is 622. The van der Waals surface area contributed by atoms with Crippen LogP contribution in [0.15, 0.2) is 54.9 Å². The van der Waals surface area contributed by atoms with Gasteiger partial charge in [0.25, 0.3) is 5.91 Å². The van der Waals surface area contributed by atoms with Gasteiger partial charge in [0, 0.05) is 44.6 Å². The molecule has 0 radical (unpaired) electrons. The van der Waals surface area contributed by atoms with E-state index in [1.54, 1.807) is 12.4 Å². The molecule has 1 aliphatic heterocycles. The second kappa shape index (κ2) is 7.38. The molecule has 1 unspecified atom stereocenters. The van der Waals surface area contributed by atoms with E-state index in [1.807, 2.05) is 17.0 Å². The maximum absolute atomic E-state index is 12.4. The van der Waals surface area contributed by atoms with Gasteiger partial charge in [-0.1, -0.05) is 30.3 Å². The van der Waals surface area contributed by atoms with E-state index in [0.717, 1.165) is 32.6 Å². The van der Waals surface area contributed by atoms with Crippen LogP contribution < -0.4 is 0 Å². The highest BCUT2D eigenvalue weighted by Gasteiger charge is 2.24. The Morgan fingerprint density at radius 3 is 2.48 bits per heavy atom. The number of nitrogens with zero attached hydrogens (tertiary/aromatic N) is 3. The second-order valence-corrected chi connectivity index (χ2v) is 6.11. The highest BCUT2D eigenvalue weighted by molar-refractivity contribution is 5.93. The molecule has 1 aliphatic rings. The molecule has 0 N–H and O–H groups in total. The van der Waals surface area contributed by atoms with Crippen molar-refractivity contribution >= 4 is 5.91 Å². The van der Waals surface area contributed by atoms with Crippen molar-refractivity contribution in [3.05, 3.63) is 66.0 Å². The van der Waals surface area contributed by atoms with Crippen molar-refractivity contribution in [2.24, 2.45) is 0 Å². The summed E-state index contributed by atoms with van der Waals surface area (Å²) in [5.41, 5.74) is 2.05. The number of carbonyl (C=O) groups excluding carboxylic acids is 1. The van der Waals surface area contributed by atoms with Gasteiger partial charge in [-0.2, -0.15) is 0 Å². The van der Waals surface area contributed by atoms with Crippen molar-refractivity contribution in [1.82, 2.24) is 14.8 Å². The van der Waals surface area contributed by atoms with Crippen molar-refractivity contribution in [1.29, 1.82) is 0 Å². The molecule has 4 nitrogen and oxygen atoms in total. The molecule has 120 valence electrons. The molecule has 1 fully saturated rings. The van der Waals surface area contributed by atoms with Gasteiger partial charge < -0.3 is 4.90 Å². The summed E-state index contributed by atoms with van der Waals surface area (Å²) in [4.78, 5) is 20.9. The Hall–Kier alpha value is -2.20. The summed E-state index contributed by atoms with van der Waals surface area (Å²) in [6.07, 6.45) is 4.39. The van der Waals surface area contributed by atoms with E-state index in [9.17, 15) is 4.79 Å². The number of hydrogen-bond acceptors (Lipinski definition) is 3. The molecular weight excluding hydrogens is 286 g/mol. The molecule has 1 aromatic heterocycles. The highest BCUT2D eigenvalue weighted by Crippen LogP contribution is 2.13. The first-order valence-corrected chi connectivity index (χ1v) is 8.21. The van der Waals surface area contributed by atoms with E-state index < -0.39 is 0 Å². The molecule has 0 spiro atoms. The van der Waals surface area contributed by atoms with Crippen molar-refractivity contribution in [3.63, 3.8) is 0 Å². The molecule has 1 saturated heterocycles. The van der Waals surface area contributed by atoms with Crippen LogP contribution in [0.4, 0.5) is 0 Å². The molecule has 0 aliphatic carbocycles. The zero-order chi connectivity index (χ0) is 16.1. The summed E-state index contributed by atoms with van der Waals surface area (Å²) in [5, 5.41) is 0. The van der Waals surface area contributed by atoms with Gasteiger partial charge in [-0.3, -0.25) is 14.7 Å². The SMILES string of the molecule is CC(Cc1ccccc1)N1CCN(C(=O)c2cccnc2)CC1. The fourth-order valence-corrected chi connectivity index (χ4v) is 3.12. The minimum absolute atomic E-state index is 0.0912.